The number of nitrogens with one attached hydrogen (secondary N) is 2. The summed E-state index contributed by atoms with van der Waals surface area (Å²) in [6.45, 7) is 7.72. The van der Waals surface area contributed by atoms with Gasteiger partial charge in [-0.2, -0.15) is 0 Å². The summed E-state index contributed by atoms with van der Waals surface area (Å²) in [6.07, 6.45) is 8.08. The van der Waals surface area contributed by atoms with Gasteiger partial charge in [-0.1, -0.05) is 25.7 Å². The molecule has 0 aromatic heterocycles. The van der Waals surface area contributed by atoms with Crippen LogP contribution in [0, 0.1) is 5.92 Å². The van der Waals surface area contributed by atoms with Gasteiger partial charge in [0.15, 0.2) is 0 Å². The smallest absolute Gasteiger partial charge is 0.234 e. The van der Waals surface area contributed by atoms with Gasteiger partial charge in [-0.3, -0.25) is 9.69 Å². The molecule has 0 spiro atoms. The van der Waals surface area contributed by atoms with Crippen LogP contribution in [0.1, 0.15) is 52.4 Å². The Kier molecular flexibility index (Phi) is 6.30. The first-order valence-corrected chi connectivity index (χ1v) is 8.39. The van der Waals surface area contributed by atoms with Gasteiger partial charge in [0.1, 0.15) is 0 Å². The van der Waals surface area contributed by atoms with Crippen LogP contribution in [-0.2, 0) is 4.79 Å². The molecule has 2 fully saturated rings. The molecule has 2 atom stereocenters. The zero-order valence-electron chi connectivity index (χ0n) is 13.2. The molecule has 4 nitrogen and oxygen atoms in total. The van der Waals surface area contributed by atoms with Gasteiger partial charge in [-0.05, 0) is 32.6 Å². The lowest BCUT2D eigenvalue weighted by Gasteiger charge is -2.36. The SMILES string of the molecule is CC1CN(CC(=O)NCCCC2CCCC2)C(C)CN1. The van der Waals surface area contributed by atoms with Crippen LogP contribution in [0.5, 0.6) is 0 Å². The predicted octanol–water partition coefficient (Wildman–Crippen LogP) is 1.76. The minimum Gasteiger partial charge on any atom is -0.355 e. The Hall–Kier alpha value is -0.610. The maximum Gasteiger partial charge on any atom is 0.234 e. The molecule has 1 saturated heterocycles. The number of carbonyl (C=O) groups excluding carboxylic acids is 1. The summed E-state index contributed by atoms with van der Waals surface area (Å²) >= 11 is 0. The maximum atomic E-state index is 12.0. The highest BCUT2D eigenvalue weighted by Crippen LogP contribution is 2.28. The Labute approximate surface area is 123 Å². The molecule has 2 aliphatic rings. The summed E-state index contributed by atoms with van der Waals surface area (Å²) in [7, 11) is 0. The van der Waals surface area contributed by atoms with E-state index >= 15 is 0 Å². The number of carbonyl (C=O) groups is 1. The van der Waals surface area contributed by atoms with E-state index in [1.807, 2.05) is 0 Å². The summed E-state index contributed by atoms with van der Waals surface area (Å²) in [5.74, 6) is 1.12. The second kappa shape index (κ2) is 7.99. The van der Waals surface area contributed by atoms with Crippen LogP contribution < -0.4 is 10.6 Å². The van der Waals surface area contributed by atoms with E-state index in [4.69, 9.17) is 0 Å². The third-order valence-electron chi connectivity index (χ3n) is 4.83. The number of hydrogen-bond donors (Lipinski definition) is 2. The summed E-state index contributed by atoms with van der Waals surface area (Å²) in [4.78, 5) is 14.3. The van der Waals surface area contributed by atoms with Crippen LogP contribution in [0.25, 0.3) is 0 Å². The number of amides is 1. The predicted molar refractivity (Wildman–Crippen MR) is 82.7 cm³/mol. The van der Waals surface area contributed by atoms with Crippen LogP contribution >= 0.6 is 0 Å². The average molecular weight is 281 g/mol. The van der Waals surface area contributed by atoms with Crippen molar-refractivity contribution in [3.63, 3.8) is 0 Å². The number of nitrogens with zero attached hydrogens (tertiary/aromatic N) is 1. The lowest BCUT2D eigenvalue weighted by atomic mass is 10.0. The van der Waals surface area contributed by atoms with Crippen LogP contribution in [0.3, 0.4) is 0 Å². The lowest BCUT2D eigenvalue weighted by Crippen LogP contribution is -2.56. The molecule has 1 saturated carbocycles. The molecular weight excluding hydrogens is 250 g/mol. The first-order valence-electron chi connectivity index (χ1n) is 8.39. The standard InChI is InChI=1S/C16H31N3O/c1-13-11-19(14(2)10-18-13)12-16(20)17-9-5-8-15-6-3-4-7-15/h13-15,18H,3-12H2,1-2H3,(H,17,20). The first-order chi connectivity index (χ1) is 9.65. The molecule has 4 heteroatoms. The fraction of sp³-hybridized carbons (Fsp3) is 0.938. The molecular formula is C16H31N3O. The normalized spacial score (nSPS) is 28.7. The van der Waals surface area contributed by atoms with E-state index in [0.29, 0.717) is 18.6 Å². The molecule has 1 aliphatic heterocycles. The molecule has 0 bridgehead atoms. The van der Waals surface area contributed by atoms with Crippen LogP contribution in [0.2, 0.25) is 0 Å². The fourth-order valence-corrected chi connectivity index (χ4v) is 3.48. The third-order valence-corrected chi connectivity index (χ3v) is 4.83. The largest absolute Gasteiger partial charge is 0.355 e. The fourth-order valence-electron chi connectivity index (χ4n) is 3.48. The van der Waals surface area contributed by atoms with Crippen molar-refractivity contribution < 1.29 is 4.79 Å². The molecule has 2 rings (SSSR count). The molecule has 2 N–H and O–H groups in total. The number of hydrogen-bond acceptors (Lipinski definition) is 3. The second-order valence-electron chi connectivity index (χ2n) is 6.73. The number of rotatable bonds is 6. The van der Waals surface area contributed by atoms with Crippen molar-refractivity contribution >= 4 is 5.91 Å². The molecule has 20 heavy (non-hydrogen) atoms. The topological polar surface area (TPSA) is 44.4 Å². The Morgan fingerprint density at radius 2 is 2.05 bits per heavy atom. The van der Waals surface area contributed by atoms with Crippen LogP contribution in [0.15, 0.2) is 0 Å². The van der Waals surface area contributed by atoms with E-state index in [0.717, 1.165) is 32.0 Å². The zero-order valence-corrected chi connectivity index (χ0v) is 13.2. The van der Waals surface area contributed by atoms with E-state index in [2.05, 4.69) is 29.4 Å². The zero-order chi connectivity index (χ0) is 14.4. The van der Waals surface area contributed by atoms with Gasteiger partial charge in [0.25, 0.3) is 0 Å². The van der Waals surface area contributed by atoms with Crippen molar-refractivity contribution in [3.8, 4) is 0 Å². The summed E-state index contributed by atoms with van der Waals surface area (Å²) in [6, 6.07) is 0.941. The van der Waals surface area contributed by atoms with E-state index in [1.54, 1.807) is 0 Å². The lowest BCUT2D eigenvalue weighted by molar-refractivity contribution is -0.123. The van der Waals surface area contributed by atoms with E-state index in [-0.39, 0.29) is 5.91 Å². The van der Waals surface area contributed by atoms with Crippen LogP contribution in [0.4, 0.5) is 0 Å². The van der Waals surface area contributed by atoms with Gasteiger partial charge in [0, 0.05) is 31.7 Å². The molecule has 0 aromatic rings. The Balaban J connectivity index is 1.57. The van der Waals surface area contributed by atoms with Gasteiger partial charge in [-0.25, -0.2) is 0 Å². The summed E-state index contributed by atoms with van der Waals surface area (Å²) in [5.41, 5.74) is 0. The maximum absolute atomic E-state index is 12.0. The molecule has 1 aliphatic carbocycles. The van der Waals surface area contributed by atoms with Gasteiger partial charge >= 0.3 is 0 Å². The van der Waals surface area contributed by atoms with Crippen molar-refractivity contribution in [1.29, 1.82) is 0 Å². The van der Waals surface area contributed by atoms with Crippen molar-refractivity contribution in [1.82, 2.24) is 15.5 Å². The Morgan fingerprint density at radius 1 is 1.30 bits per heavy atom. The molecule has 2 unspecified atom stereocenters. The molecule has 1 amide bonds. The van der Waals surface area contributed by atoms with E-state index in [1.165, 1.54) is 32.1 Å². The van der Waals surface area contributed by atoms with Gasteiger partial charge < -0.3 is 10.6 Å². The molecule has 1 heterocycles. The quantitative estimate of drug-likeness (QED) is 0.729. The van der Waals surface area contributed by atoms with Crippen LogP contribution in [-0.4, -0.2) is 49.1 Å². The minimum atomic E-state index is 0.192. The van der Waals surface area contributed by atoms with Crippen molar-refractivity contribution in [2.75, 3.05) is 26.2 Å². The minimum absolute atomic E-state index is 0.192. The highest BCUT2D eigenvalue weighted by Gasteiger charge is 2.23. The monoisotopic (exact) mass is 281 g/mol. The van der Waals surface area contributed by atoms with Crippen molar-refractivity contribution in [2.24, 2.45) is 5.92 Å². The molecule has 116 valence electrons. The highest BCUT2D eigenvalue weighted by molar-refractivity contribution is 5.78. The van der Waals surface area contributed by atoms with E-state index < -0.39 is 0 Å². The van der Waals surface area contributed by atoms with Crippen molar-refractivity contribution in [2.45, 2.75) is 64.5 Å². The number of piperazine rings is 1. The summed E-state index contributed by atoms with van der Waals surface area (Å²) in [5, 5.41) is 6.53. The van der Waals surface area contributed by atoms with Gasteiger partial charge in [0.05, 0.1) is 6.54 Å². The third kappa shape index (κ3) is 5.06. The highest BCUT2D eigenvalue weighted by atomic mass is 16.2. The summed E-state index contributed by atoms with van der Waals surface area (Å²) < 4.78 is 0. The second-order valence-corrected chi connectivity index (χ2v) is 6.73. The molecule has 0 aromatic carbocycles. The van der Waals surface area contributed by atoms with E-state index in [9.17, 15) is 4.79 Å². The average Bonchev–Trinajstić information content (AvgIpc) is 2.92. The molecule has 0 radical (unpaired) electrons. The Morgan fingerprint density at radius 3 is 2.80 bits per heavy atom. The van der Waals surface area contributed by atoms with Gasteiger partial charge in [0.2, 0.25) is 5.91 Å². The van der Waals surface area contributed by atoms with Gasteiger partial charge in [-0.15, -0.1) is 0 Å². The Bertz CT molecular complexity index is 302. The van der Waals surface area contributed by atoms with Crippen molar-refractivity contribution in [3.05, 3.63) is 0 Å². The first kappa shape index (κ1) is 15.8.